The lowest BCUT2D eigenvalue weighted by atomic mass is 10.2. The van der Waals surface area contributed by atoms with Gasteiger partial charge in [0.05, 0.1) is 0 Å². The van der Waals surface area contributed by atoms with Crippen molar-refractivity contribution in [2.24, 2.45) is 0 Å². The van der Waals surface area contributed by atoms with Gasteiger partial charge in [-0.05, 0) is 31.5 Å². The van der Waals surface area contributed by atoms with Crippen LogP contribution in [0.2, 0.25) is 0 Å². The summed E-state index contributed by atoms with van der Waals surface area (Å²) in [5, 5.41) is 11.8. The molecule has 15 heavy (non-hydrogen) atoms. The van der Waals surface area contributed by atoms with Gasteiger partial charge in [-0.1, -0.05) is 17.7 Å². The van der Waals surface area contributed by atoms with Crippen LogP contribution in [0.1, 0.15) is 19.4 Å². The first kappa shape index (κ1) is 11.3. The van der Waals surface area contributed by atoms with E-state index in [-0.39, 0.29) is 11.7 Å². The number of aromatic hydroxyl groups is 1. The summed E-state index contributed by atoms with van der Waals surface area (Å²) in [5.41, 5.74) is 1.93. The number of carbonyl (C=O) groups excluding carboxylic acids is 1. The molecule has 0 unspecified atom stereocenters. The molecule has 0 saturated heterocycles. The third kappa shape index (κ3) is 4.31. The lowest BCUT2D eigenvalue weighted by molar-refractivity contribution is -0.116. The average molecular weight is 205 g/mol. The molecule has 0 radical (unpaired) electrons. The van der Waals surface area contributed by atoms with Gasteiger partial charge in [-0.25, -0.2) is 0 Å². The SMILES string of the molecule is CC(C)=CC(=O)NCc1ccc(O)cc1. The Labute approximate surface area is 89.4 Å². The minimum absolute atomic E-state index is 0.0944. The molecule has 0 heterocycles. The van der Waals surface area contributed by atoms with E-state index in [1.165, 1.54) is 0 Å². The number of amides is 1. The Morgan fingerprint density at radius 2 is 1.93 bits per heavy atom. The van der Waals surface area contributed by atoms with E-state index in [4.69, 9.17) is 5.11 Å². The number of phenolic OH excluding ortho intramolecular Hbond substituents is 1. The van der Waals surface area contributed by atoms with Gasteiger partial charge >= 0.3 is 0 Å². The summed E-state index contributed by atoms with van der Waals surface area (Å²) in [6, 6.07) is 6.75. The molecule has 0 bridgehead atoms. The Hall–Kier alpha value is -1.77. The van der Waals surface area contributed by atoms with Gasteiger partial charge in [0, 0.05) is 12.6 Å². The van der Waals surface area contributed by atoms with E-state index < -0.39 is 0 Å². The van der Waals surface area contributed by atoms with Crippen LogP contribution in [-0.2, 0) is 11.3 Å². The lowest BCUT2D eigenvalue weighted by Gasteiger charge is -2.02. The predicted molar refractivity (Wildman–Crippen MR) is 59.4 cm³/mol. The first-order valence-electron chi connectivity index (χ1n) is 4.78. The van der Waals surface area contributed by atoms with Crippen LogP contribution in [0.15, 0.2) is 35.9 Å². The van der Waals surface area contributed by atoms with Gasteiger partial charge in [0.1, 0.15) is 5.75 Å². The zero-order chi connectivity index (χ0) is 11.3. The third-order valence-electron chi connectivity index (χ3n) is 1.82. The van der Waals surface area contributed by atoms with Gasteiger partial charge < -0.3 is 10.4 Å². The number of allylic oxidation sites excluding steroid dienone is 1. The van der Waals surface area contributed by atoms with E-state index in [1.807, 2.05) is 13.8 Å². The van der Waals surface area contributed by atoms with Gasteiger partial charge in [0.2, 0.25) is 5.91 Å². The highest BCUT2D eigenvalue weighted by molar-refractivity contribution is 5.87. The van der Waals surface area contributed by atoms with Crippen molar-refractivity contribution in [2.75, 3.05) is 0 Å². The molecule has 1 rings (SSSR count). The molecule has 0 aliphatic rings. The van der Waals surface area contributed by atoms with Crippen LogP contribution < -0.4 is 5.32 Å². The molecule has 3 heteroatoms. The molecule has 0 saturated carbocycles. The van der Waals surface area contributed by atoms with Crippen molar-refractivity contribution in [3.05, 3.63) is 41.5 Å². The van der Waals surface area contributed by atoms with Crippen molar-refractivity contribution in [1.29, 1.82) is 0 Å². The molecule has 0 aliphatic heterocycles. The van der Waals surface area contributed by atoms with E-state index in [0.29, 0.717) is 6.54 Å². The van der Waals surface area contributed by atoms with E-state index in [1.54, 1.807) is 30.3 Å². The zero-order valence-electron chi connectivity index (χ0n) is 8.95. The fourth-order valence-electron chi connectivity index (χ4n) is 1.12. The van der Waals surface area contributed by atoms with Crippen molar-refractivity contribution in [2.45, 2.75) is 20.4 Å². The number of phenols is 1. The van der Waals surface area contributed by atoms with Gasteiger partial charge in [0.25, 0.3) is 0 Å². The third-order valence-corrected chi connectivity index (χ3v) is 1.82. The van der Waals surface area contributed by atoms with Crippen molar-refractivity contribution in [3.8, 4) is 5.75 Å². The van der Waals surface area contributed by atoms with Crippen LogP contribution in [0.4, 0.5) is 0 Å². The summed E-state index contributed by atoms with van der Waals surface area (Å²) < 4.78 is 0. The number of rotatable bonds is 3. The Bertz CT molecular complexity index is 362. The molecule has 0 aromatic heterocycles. The average Bonchev–Trinajstić information content (AvgIpc) is 2.16. The van der Waals surface area contributed by atoms with Crippen molar-refractivity contribution in [1.82, 2.24) is 5.32 Å². The molecule has 0 atom stereocenters. The summed E-state index contributed by atoms with van der Waals surface area (Å²) in [4.78, 5) is 11.3. The second-order valence-electron chi connectivity index (χ2n) is 3.61. The normalized spacial score (nSPS) is 9.47. The standard InChI is InChI=1S/C12H15NO2/c1-9(2)7-12(15)13-8-10-3-5-11(14)6-4-10/h3-7,14H,8H2,1-2H3,(H,13,15). The van der Waals surface area contributed by atoms with Crippen molar-refractivity contribution < 1.29 is 9.90 Å². The maximum absolute atomic E-state index is 11.3. The molecular formula is C12H15NO2. The van der Waals surface area contributed by atoms with E-state index in [9.17, 15) is 4.79 Å². The Balaban J connectivity index is 2.47. The van der Waals surface area contributed by atoms with E-state index >= 15 is 0 Å². The molecule has 2 N–H and O–H groups in total. The van der Waals surface area contributed by atoms with Crippen LogP contribution in [0.25, 0.3) is 0 Å². The van der Waals surface area contributed by atoms with E-state index in [0.717, 1.165) is 11.1 Å². The minimum Gasteiger partial charge on any atom is -0.508 e. The first-order valence-corrected chi connectivity index (χ1v) is 4.78. The molecule has 0 fully saturated rings. The molecule has 1 aromatic carbocycles. The topological polar surface area (TPSA) is 49.3 Å². The van der Waals surface area contributed by atoms with Crippen LogP contribution in [0.3, 0.4) is 0 Å². The number of carbonyl (C=O) groups is 1. The molecule has 1 aromatic rings. The summed E-state index contributed by atoms with van der Waals surface area (Å²) in [7, 11) is 0. The maximum atomic E-state index is 11.3. The highest BCUT2D eigenvalue weighted by Gasteiger charge is 1.97. The monoisotopic (exact) mass is 205 g/mol. The highest BCUT2D eigenvalue weighted by atomic mass is 16.3. The summed E-state index contributed by atoms with van der Waals surface area (Å²) in [5.74, 6) is 0.137. The Morgan fingerprint density at radius 3 is 2.47 bits per heavy atom. The van der Waals surface area contributed by atoms with Crippen LogP contribution in [0.5, 0.6) is 5.75 Å². The van der Waals surface area contributed by atoms with Crippen LogP contribution in [0, 0.1) is 0 Å². The quantitative estimate of drug-likeness (QED) is 0.741. The van der Waals surface area contributed by atoms with Gasteiger partial charge in [-0.3, -0.25) is 4.79 Å². The number of benzene rings is 1. The molecule has 0 aliphatic carbocycles. The molecule has 1 amide bonds. The maximum Gasteiger partial charge on any atom is 0.244 e. The zero-order valence-corrected chi connectivity index (χ0v) is 8.95. The minimum atomic E-state index is -0.0944. The smallest absolute Gasteiger partial charge is 0.244 e. The fraction of sp³-hybridized carbons (Fsp3) is 0.250. The number of hydrogen-bond donors (Lipinski definition) is 2. The fourth-order valence-corrected chi connectivity index (χ4v) is 1.12. The largest absolute Gasteiger partial charge is 0.508 e. The first-order chi connectivity index (χ1) is 7.08. The molecule has 0 spiro atoms. The predicted octanol–water partition coefficient (Wildman–Crippen LogP) is 1.97. The van der Waals surface area contributed by atoms with Gasteiger partial charge in [-0.2, -0.15) is 0 Å². The van der Waals surface area contributed by atoms with Crippen molar-refractivity contribution >= 4 is 5.91 Å². The van der Waals surface area contributed by atoms with Crippen molar-refractivity contribution in [3.63, 3.8) is 0 Å². The van der Waals surface area contributed by atoms with Crippen LogP contribution in [-0.4, -0.2) is 11.0 Å². The van der Waals surface area contributed by atoms with Crippen LogP contribution >= 0.6 is 0 Å². The molecule has 80 valence electrons. The summed E-state index contributed by atoms with van der Waals surface area (Å²) >= 11 is 0. The molecular weight excluding hydrogens is 190 g/mol. The second-order valence-corrected chi connectivity index (χ2v) is 3.61. The number of hydrogen-bond acceptors (Lipinski definition) is 2. The van der Waals surface area contributed by atoms with Gasteiger partial charge in [0.15, 0.2) is 0 Å². The second kappa shape index (κ2) is 5.20. The van der Waals surface area contributed by atoms with Gasteiger partial charge in [-0.15, -0.1) is 0 Å². The van der Waals surface area contributed by atoms with E-state index in [2.05, 4.69) is 5.32 Å². The molecule has 3 nitrogen and oxygen atoms in total. The lowest BCUT2D eigenvalue weighted by Crippen LogP contribution is -2.20. The Morgan fingerprint density at radius 1 is 1.33 bits per heavy atom. The Kier molecular flexibility index (Phi) is 3.92. The summed E-state index contributed by atoms with van der Waals surface area (Å²) in [6.45, 7) is 4.23. The summed E-state index contributed by atoms with van der Waals surface area (Å²) in [6.07, 6.45) is 1.56. The highest BCUT2D eigenvalue weighted by Crippen LogP contribution is 2.09. The number of nitrogens with one attached hydrogen (secondary N) is 1.